The van der Waals surface area contributed by atoms with Gasteiger partial charge in [-0.3, -0.25) is 10.7 Å². The zero-order chi connectivity index (χ0) is 13.5. The van der Waals surface area contributed by atoms with Gasteiger partial charge in [0.05, 0.1) is 0 Å². The van der Waals surface area contributed by atoms with Crippen LogP contribution in [-0.2, 0) is 5.66 Å². The summed E-state index contributed by atoms with van der Waals surface area (Å²) in [5.41, 5.74) is 3.34. The van der Waals surface area contributed by atoms with Crippen LogP contribution in [0.25, 0.3) is 0 Å². The summed E-state index contributed by atoms with van der Waals surface area (Å²) in [4.78, 5) is 0. The Morgan fingerprint density at radius 1 is 1.22 bits per heavy atom. The largest absolute Gasteiger partial charge is 0.298 e. The standard InChI is InChI=1S/C11H9F3IN3/c12-8-3-4-18(17)11(16,10(8)14)7-2-1-6(15)5-9(7)13/h1-5H,16-17H2. The smallest absolute Gasteiger partial charge is 0.186 e. The molecule has 4 N–H and O–H groups in total. The Bertz CT molecular complexity index is 558. The fourth-order valence-corrected chi connectivity index (χ4v) is 2.14. The zero-order valence-electron chi connectivity index (χ0n) is 9.00. The van der Waals surface area contributed by atoms with E-state index < -0.39 is 23.1 Å². The van der Waals surface area contributed by atoms with Crippen molar-refractivity contribution in [1.29, 1.82) is 0 Å². The van der Waals surface area contributed by atoms with Crippen molar-refractivity contribution in [3.63, 3.8) is 0 Å². The van der Waals surface area contributed by atoms with Gasteiger partial charge in [-0.1, -0.05) is 6.07 Å². The fraction of sp³-hybridized carbons (Fsp3) is 0.0909. The van der Waals surface area contributed by atoms with Crippen molar-refractivity contribution in [1.82, 2.24) is 5.01 Å². The average Bonchev–Trinajstić information content (AvgIpc) is 2.31. The van der Waals surface area contributed by atoms with Crippen molar-refractivity contribution in [2.24, 2.45) is 11.6 Å². The lowest BCUT2D eigenvalue weighted by molar-refractivity contribution is 0.144. The first kappa shape index (κ1) is 13.4. The third kappa shape index (κ3) is 1.91. The van der Waals surface area contributed by atoms with Crippen molar-refractivity contribution >= 4 is 22.6 Å². The topological polar surface area (TPSA) is 55.3 Å². The predicted octanol–water partition coefficient (Wildman–Crippen LogP) is 2.40. The Hall–Kier alpha value is -1.06. The fourth-order valence-electron chi connectivity index (χ4n) is 1.69. The van der Waals surface area contributed by atoms with Crippen LogP contribution >= 0.6 is 22.6 Å². The van der Waals surface area contributed by atoms with Gasteiger partial charge < -0.3 is 0 Å². The molecule has 18 heavy (non-hydrogen) atoms. The zero-order valence-corrected chi connectivity index (χ0v) is 11.2. The average molecular weight is 367 g/mol. The first-order valence-electron chi connectivity index (χ1n) is 4.89. The van der Waals surface area contributed by atoms with E-state index in [-0.39, 0.29) is 5.56 Å². The van der Waals surface area contributed by atoms with Crippen LogP contribution in [0.5, 0.6) is 0 Å². The SMILES string of the molecule is NN1C=CC(F)=C(F)C1(N)c1ccc(I)cc1F. The lowest BCUT2D eigenvalue weighted by Gasteiger charge is -2.38. The molecule has 0 fully saturated rings. The number of allylic oxidation sites excluding steroid dienone is 2. The van der Waals surface area contributed by atoms with Crippen molar-refractivity contribution < 1.29 is 13.2 Å². The molecule has 7 heteroatoms. The molecule has 96 valence electrons. The van der Waals surface area contributed by atoms with E-state index in [0.29, 0.717) is 3.57 Å². The van der Waals surface area contributed by atoms with E-state index >= 15 is 0 Å². The molecular formula is C11H9F3IN3. The van der Waals surface area contributed by atoms with Crippen LogP contribution < -0.4 is 11.6 Å². The van der Waals surface area contributed by atoms with Crippen LogP contribution in [0.4, 0.5) is 13.2 Å². The molecule has 1 aromatic carbocycles. The maximum absolute atomic E-state index is 13.9. The van der Waals surface area contributed by atoms with Gasteiger partial charge in [-0.15, -0.1) is 0 Å². The summed E-state index contributed by atoms with van der Waals surface area (Å²) in [7, 11) is 0. The minimum absolute atomic E-state index is 0.234. The Balaban J connectivity index is 2.63. The second kappa shape index (κ2) is 4.56. The predicted molar refractivity (Wildman–Crippen MR) is 69.4 cm³/mol. The molecule has 1 aromatic rings. The number of nitrogens with two attached hydrogens (primary N) is 2. The lowest BCUT2D eigenvalue weighted by atomic mass is 9.95. The molecule has 3 nitrogen and oxygen atoms in total. The molecular weight excluding hydrogens is 358 g/mol. The van der Waals surface area contributed by atoms with Crippen molar-refractivity contribution in [3.8, 4) is 0 Å². The maximum atomic E-state index is 13.9. The number of halogens is 4. The van der Waals surface area contributed by atoms with Crippen molar-refractivity contribution in [2.75, 3.05) is 0 Å². The highest BCUT2D eigenvalue weighted by atomic mass is 127. The van der Waals surface area contributed by atoms with Gasteiger partial charge in [0.25, 0.3) is 0 Å². The number of nitrogens with zero attached hydrogens (tertiary/aromatic N) is 1. The molecule has 0 spiro atoms. The van der Waals surface area contributed by atoms with E-state index in [4.69, 9.17) is 11.6 Å². The number of hydrogen-bond acceptors (Lipinski definition) is 3. The molecule has 2 rings (SSSR count). The van der Waals surface area contributed by atoms with Gasteiger partial charge in [0.1, 0.15) is 5.82 Å². The molecule has 0 aromatic heterocycles. The summed E-state index contributed by atoms with van der Waals surface area (Å²) in [5, 5.41) is 0.733. The van der Waals surface area contributed by atoms with E-state index in [0.717, 1.165) is 17.3 Å². The summed E-state index contributed by atoms with van der Waals surface area (Å²) in [6.45, 7) is 0. The second-order valence-corrected chi connectivity index (χ2v) is 5.02. The highest BCUT2D eigenvalue weighted by molar-refractivity contribution is 14.1. The molecule has 0 aliphatic carbocycles. The number of hydrazine groups is 1. The third-order valence-corrected chi connectivity index (χ3v) is 3.35. The van der Waals surface area contributed by atoms with Crippen LogP contribution in [-0.4, -0.2) is 5.01 Å². The van der Waals surface area contributed by atoms with Gasteiger partial charge in [0.2, 0.25) is 0 Å². The highest BCUT2D eigenvalue weighted by Gasteiger charge is 2.43. The van der Waals surface area contributed by atoms with Gasteiger partial charge in [-0.05, 0) is 40.8 Å². The molecule has 0 radical (unpaired) electrons. The van der Waals surface area contributed by atoms with Crippen LogP contribution in [0.2, 0.25) is 0 Å². The minimum atomic E-state index is -2.17. The quantitative estimate of drug-likeness (QED) is 0.592. The molecule has 1 aliphatic heterocycles. The van der Waals surface area contributed by atoms with Gasteiger partial charge in [0.15, 0.2) is 17.3 Å². The number of rotatable bonds is 1. The third-order valence-electron chi connectivity index (χ3n) is 2.67. The highest BCUT2D eigenvalue weighted by Crippen LogP contribution is 2.37. The molecule has 0 saturated carbocycles. The molecule has 0 bridgehead atoms. The summed E-state index contributed by atoms with van der Waals surface area (Å²) < 4.78 is 41.6. The molecule has 1 heterocycles. The molecule has 1 unspecified atom stereocenters. The normalized spacial score (nSPS) is 23.8. The first-order chi connectivity index (χ1) is 8.37. The van der Waals surface area contributed by atoms with Gasteiger partial charge in [-0.25, -0.2) is 19.0 Å². The number of benzene rings is 1. The Labute approximate surface area is 115 Å². The summed E-state index contributed by atoms with van der Waals surface area (Å²) in [6.07, 6.45) is 1.88. The van der Waals surface area contributed by atoms with E-state index in [1.54, 1.807) is 0 Å². The first-order valence-corrected chi connectivity index (χ1v) is 5.97. The van der Waals surface area contributed by atoms with Crippen LogP contribution in [0.3, 0.4) is 0 Å². The Kier molecular flexibility index (Phi) is 3.39. The summed E-state index contributed by atoms with van der Waals surface area (Å²) >= 11 is 1.89. The molecule has 0 saturated heterocycles. The Morgan fingerprint density at radius 2 is 1.89 bits per heavy atom. The lowest BCUT2D eigenvalue weighted by Crippen LogP contribution is -2.56. The van der Waals surface area contributed by atoms with E-state index in [1.807, 2.05) is 22.6 Å². The van der Waals surface area contributed by atoms with Crippen LogP contribution in [0.15, 0.2) is 42.1 Å². The summed E-state index contributed by atoms with van der Waals surface area (Å²) in [6, 6.07) is 3.98. The van der Waals surface area contributed by atoms with Gasteiger partial charge in [-0.2, -0.15) is 0 Å². The van der Waals surface area contributed by atoms with Gasteiger partial charge >= 0.3 is 0 Å². The maximum Gasteiger partial charge on any atom is 0.186 e. The second-order valence-electron chi connectivity index (χ2n) is 3.78. The molecule has 0 amide bonds. The van der Waals surface area contributed by atoms with E-state index in [1.165, 1.54) is 18.2 Å². The van der Waals surface area contributed by atoms with E-state index in [2.05, 4.69) is 0 Å². The number of hydrogen-bond donors (Lipinski definition) is 2. The van der Waals surface area contributed by atoms with Crippen molar-refractivity contribution in [3.05, 3.63) is 57.1 Å². The van der Waals surface area contributed by atoms with E-state index in [9.17, 15) is 13.2 Å². The van der Waals surface area contributed by atoms with Crippen LogP contribution in [0.1, 0.15) is 5.56 Å². The minimum Gasteiger partial charge on any atom is -0.298 e. The molecule has 1 atom stereocenters. The van der Waals surface area contributed by atoms with Crippen LogP contribution in [0, 0.1) is 9.39 Å². The molecule has 1 aliphatic rings. The summed E-state index contributed by atoms with van der Waals surface area (Å²) in [5.74, 6) is 2.27. The van der Waals surface area contributed by atoms with Gasteiger partial charge in [0, 0.05) is 15.3 Å². The van der Waals surface area contributed by atoms with Crippen molar-refractivity contribution in [2.45, 2.75) is 5.66 Å². The Morgan fingerprint density at radius 3 is 2.50 bits per heavy atom. The monoisotopic (exact) mass is 367 g/mol.